The van der Waals surface area contributed by atoms with E-state index in [0.29, 0.717) is 5.56 Å². The first kappa shape index (κ1) is 19.5. The molecule has 3 amide bonds. The van der Waals surface area contributed by atoms with E-state index in [2.05, 4.69) is 17.2 Å². The van der Waals surface area contributed by atoms with Crippen molar-refractivity contribution in [1.29, 1.82) is 0 Å². The van der Waals surface area contributed by atoms with Crippen LogP contribution in [0, 0.1) is 0 Å². The normalized spacial score (nSPS) is 20.4. The molecule has 0 spiro atoms. The van der Waals surface area contributed by atoms with E-state index in [1.807, 2.05) is 36.4 Å². The second-order valence-electron chi connectivity index (χ2n) is 8.60. The number of amides is 3. The molecular weight excluding hydrogens is 390 g/mol. The van der Waals surface area contributed by atoms with Crippen LogP contribution in [0.25, 0.3) is 10.9 Å². The van der Waals surface area contributed by atoms with Crippen LogP contribution in [0.15, 0.2) is 42.6 Å². The molecule has 1 aliphatic heterocycles. The number of aryl methyl sites for hydroxylation is 3. The van der Waals surface area contributed by atoms with Gasteiger partial charge in [-0.15, -0.1) is 0 Å². The minimum Gasteiger partial charge on any atom is -0.360 e. The number of benzene rings is 2. The van der Waals surface area contributed by atoms with Crippen LogP contribution in [0.1, 0.15) is 52.9 Å². The zero-order valence-electron chi connectivity index (χ0n) is 17.7. The number of imide groups is 1. The van der Waals surface area contributed by atoms with Gasteiger partial charge in [0.25, 0.3) is 5.91 Å². The number of hydrogen-bond donors (Lipinski definition) is 2. The number of aromatic amines is 1. The Balaban J connectivity index is 1.42. The number of H-pyrrole nitrogens is 1. The molecule has 1 saturated heterocycles. The topological polar surface area (TPSA) is 82.3 Å². The lowest BCUT2D eigenvalue weighted by Gasteiger charge is -2.23. The molecule has 1 aromatic heterocycles. The second kappa shape index (κ2) is 7.08. The summed E-state index contributed by atoms with van der Waals surface area (Å²) in [4.78, 5) is 43.3. The highest BCUT2D eigenvalue weighted by Gasteiger charge is 2.49. The molecule has 2 aromatic carbocycles. The lowest BCUT2D eigenvalue weighted by molar-refractivity contribution is -0.130. The van der Waals surface area contributed by atoms with Crippen molar-refractivity contribution < 1.29 is 14.4 Å². The van der Waals surface area contributed by atoms with Crippen LogP contribution in [0.5, 0.6) is 0 Å². The number of nitrogens with zero attached hydrogens (tertiary/aromatic N) is 1. The van der Waals surface area contributed by atoms with Crippen molar-refractivity contribution in [2.75, 3.05) is 6.54 Å². The highest BCUT2D eigenvalue weighted by atomic mass is 16.2. The number of carbonyl (C=O) groups excluding carboxylic acids is 3. The minimum atomic E-state index is -1.16. The summed E-state index contributed by atoms with van der Waals surface area (Å²) in [5.74, 6) is -0.654. The van der Waals surface area contributed by atoms with Gasteiger partial charge in [0.1, 0.15) is 5.54 Å². The van der Waals surface area contributed by atoms with Crippen molar-refractivity contribution in [3.8, 4) is 0 Å². The van der Waals surface area contributed by atoms with Crippen molar-refractivity contribution in [3.63, 3.8) is 0 Å². The summed E-state index contributed by atoms with van der Waals surface area (Å²) in [5, 5.41) is 3.64. The van der Waals surface area contributed by atoms with Gasteiger partial charge < -0.3 is 10.3 Å². The highest BCUT2D eigenvalue weighted by Crippen LogP contribution is 2.33. The Bertz CT molecular complexity index is 1240. The summed E-state index contributed by atoms with van der Waals surface area (Å²) in [6.07, 6.45) is 5.67. The number of urea groups is 1. The van der Waals surface area contributed by atoms with Crippen LogP contribution in [0.4, 0.5) is 4.79 Å². The number of hydrogen-bond acceptors (Lipinski definition) is 3. The fourth-order valence-electron chi connectivity index (χ4n) is 4.89. The standard InChI is InChI=1S/C25H25N3O3/c1-3-15-6-5-9-19-20(13-26-22(15)19)21(29)14-28-23(30)25(2,27-24(28)31)18-11-10-16-7-4-8-17(16)12-18/h5-6,9-13,26H,3-4,7-8,14H2,1-2H3,(H,27,31). The van der Waals surface area contributed by atoms with Crippen LogP contribution in [0.2, 0.25) is 0 Å². The predicted octanol–water partition coefficient (Wildman–Crippen LogP) is 3.87. The van der Waals surface area contributed by atoms with E-state index in [0.717, 1.165) is 52.6 Å². The number of fused-ring (bicyclic) bond motifs is 2. The van der Waals surface area contributed by atoms with E-state index >= 15 is 0 Å². The maximum absolute atomic E-state index is 13.3. The SMILES string of the molecule is CCc1cccc2c(C(=O)CN3C(=O)NC(C)(c4ccc5c(c4)CCC5)C3=O)c[nH]c12. The van der Waals surface area contributed by atoms with Crippen molar-refractivity contribution in [2.24, 2.45) is 0 Å². The largest absolute Gasteiger partial charge is 0.360 e. The molecule has 158 valence electrons. The molecule has 1 fully saturated rings. The lowest BCUT2D eigenvalue weighted by atomic mass is 9.89. The molecule has 31 heavy (non-hydrogen) atoms. The van der Waals surface area contributed by atoms with E-state index in [1.54, 1.807) is 13.1 Å². The third-order valence-corrected chi connectivity index (χ3v) is 6.74. The number of para-hydroxylation sites is 1. The van der Waals surface area contributed by atoms with Gasteiger partial charge in [-0.3, -0.25) is 14.5 Å². The Kier molecular flexibility index (Phi) is 4.46. The third-order valence-electron chi connectivity index (χ3n) is 6.74. The zero-order chi connectivity index (χ0) is 21.8. The molecule has 1 atom stereocenters. The van der Waals surface area contributed by atoms with E-state index in [9.17, 15) is 14.4 Å². The molecule has 6 nitrogen and oxygen atoms in total. The minimum absolute atomic E-state index is 0.263. The average Bonchev–Trinajstić information content (AvgIpc) is 3.46. The van der Waals surface area contributed by atoms with E-state index < -0.39 is 17.5 Å². The molecule has 5 rings (SSSR count). The molecule has 0 saturated carbocycles. The monoisotopic (exact) mass is 415 g/mol. The van der Waals surface area contributed by atoms with Gasteiger partial charge in [-0.05, 0) is 54.9 Å². The average molecular weight is 415 g/mol. The maximum Gasteiger partial charge on any atom is 0.325 e. The summed E-state index contributed by atoms with van der Waals surface area (Å²) >= 11 is 0. The van der Waals surface area contributed by atoms with Gasteiger partial charge in [0.2, 0.25) is 0 Å². The first-order valence-electron chi connectivity index (χ1n) is 10.8. The molecule has 2 N–H and O–H groups in total. The summed E-state index contributed by atoms with van der Waals surface area (Å²) < 4.78 is 0. The van der Waals surface area contributed by atoms with E-state index in [1.165, 1.54) is 11.1 Å². The fraction of sp³-hybridized carbons (Fsp3) is 0.320. The number of carbonyl (C=O) groups is 3. The van der Waals surface area contributed by atoms with Crippen LogP contribution in [-0.2, 0) is 29.6 Å². The fourth-order valence-corrected chi connectivity index (χ4v) is 4.89. The molecular formula is C25H25N3O3. The molecule has 1 aliphatic carbocycles. The summed E-state index contributed by atoms with van der Waals surface area (Å²) in [6, 6.07) is 11.3. The van der Waals surface area contributed by atoms with Crippen molar-refractivity contribution in [3.05, 3.63) is 70.4 Å². The Morgan fingerprint density at radius 1 is 1.13 bits per heavy atom. The van der Waals surface area contributed by atoms with Crippen molar-refractivity contribution in [2.45, 2.75) is 45.1 Å². The molecule has 2 aliphatic rings. The van der Waals surface area contributed by atoms with Crippen molar-refractivity contribution >= 4 is 28.6 Å². The van der Waals surface area contributed by atoms with Gasteiger partial charge in [-0.2, -0.15) is 0 Å². The third kappa shape index (κ3) is 2.97. The number of nitrogens with one attached hydrogen (secondary N) is 2. The Labute approximate surface area is 180 Å². The smallest absolute Gasteiger partial charge is 0.325 e. The van der Waals surface area contributed by atoms with Gasteiger partial charge in [0.05, 0.1) is 6.54 Å². The first-order chi connectivity index (χ1) is 14.9. The van der Waals surface area contributed by atoms with Crippen LogP contribution in [0.3, 0.4) is 0 Å². The van der Waals surface area contributed by atoms with Gasteiger partial charge in [0.15, 0.2) is 5.78 Å². The molecule has 0 bridgehead atoms. The van der Waals surface area contributed by atoms with E-state index in [4.69, 9.17) is 0 Å². The van der Waals surface area contributed by atoms with Crippen molar-refractivity contribution in [1.82, 2.24) is 15.2 Å². The van der Waals surface area contributed by atoms with Crippen LogP contribution >= 0.6 is 0 Å². The zero-order valence-corrected chi connectivity index (χ0v) is 17.7. The quantitative estimate of drug-likeness (QED) is 0.490. The lowest BCUT2D eigenvalue weighted by Crippen LogP contribution is -2.41. The van der Waals surface area contributed by atoms with Crippen LogP contribution < -0.4 is 5.32 Å². The molecule has 6 heteroatoms. The Hall–Kier alpha value is -3.41. The van der Waals surface area contributed by atoms with Gasteiger partial charge in [-0.25, -0.2) is 4.79 Å². The highest BCUT2D eigenvalue weighted by molar-refractivity contribution is 6.14. The molecule has 0 radical (unpaired) electrons. The molecule has 1 unspecified atom stereocenters. The number of rotatable bonds is 5. The summed E-state index contributed by atoms with van der Waals surface area (Å²) in [7, 11) is 0. The number of Topliss-reactive ketones (excluding diaryl/α,β-unsaturated/α-hetero) is 1. The molecule has 3 aromatic rings. The van der Waals surface area contributed by atoms with Gasteiger partial charge in [0, 0.05) is 22.7 Å². The van der Waals surface area contributed by atoms with Gasteiger partial charge >= 0.3 is 6.03 Å². The summed E-state index contributed by atoms with van der Waals surface area (Å²) in [5.41, 5.74) is 4.69. The number of aromatic nitrogens is 1. The van der Waals surface area contributed by atoms with E-state index in [-0.39, 0.29) is 12.3 Å². The van der Waals surface area contributed by atoms with Gasteiger partial charge in [-0.1, -0.05) is 43.3 Å². The predicted molar refractivity (Wildman–Crippen MR) is 118 cm³/mol. The first-order valence-corrected chi connectivity index (χ1v) is 10.8. The Morgan fingerprint density at radius 3 is 2.74 bits per heavy atom. The second-order valence-corrected chi connectivity index (χ2v) is 8.60. The molecule has 2 heterocycles. The summed E-state index contributed by atoms with van der Waals surface area (Å²) in [6.45, 7) is 3.49. The van der Waals surface area contributed by atoms with Crippen LogP contribution in [-0.4, -0.2) is 34.2 Å². The number of ketones is 1. The Morgan fingerprint density at radius 2 is 1.94 bits per heavy atom. The maximum atomic E-state index is 13.3.